The van der Waals surface area contributed by atoms with Crippen LogP contribution in [0.25, 0.3) is 0 Å². The number of carbonyl (C=O) groups excluding carboxylic acids is 3. The maximum absolute atomic E-state index is 12.3. The van der Waals surface area contributed by atoms with Gasteiger partial charge in [-0.25, -0.2) is 4.79 Å². The van der Waals surface area contributed by atoms with Crippen molar-refractivity contribution in [3.63, 3.8) is 0 Å². The maximum Gasteiger partial charge on any atom is 0.326 e. The zero-order chi connectivity index (χ0) is 26.8. The van der Waals surface area contributed by atoms with Crippen LogP contribution in [0.2, 0.25) is 10.0 Å². The first-order valence-electron chi connectivity index (χ1n) is 10.6. The molecule has 0 bridgehead atoms. The van der Waals surface area contributed by atoms with Crippen molar-refractivity contribution in [3.8, 4) is 5.75 Å². The summed E-state index contributed by atoms with van der Waals surface area (Å²) in [6.07, 6.45) is -0.766. The molecule has 0 spiro atoms. The molecule has 0 radical (unpaired) electrons. The minimum atomic E-state index is -1.40. The number of hydrogen-bond donors (Lipinski definition) is 7. The Kier molecular flexibility index (Phi) is 10.7. The highest BCUT2D eigenvalue weighted by Crippen LogP contribution is 2.24. The molecule has 0 aliphatic heterocycles. The van der Waals surface area contributed by atoms with Crippen LogP contribution in [0, 0.1) is 5.41 Å². The average molecular weight is 538 g/mol. The smallest absolute Gasteiger partial charge is 0.326 e. The van der Waals surface area contributed by atoms with E-state index < -0.39 is 41.7 Å². The monoisotopic (exact) mass is 537 g/mol. The molecule has 36 heavy (non-hydrogen) atoms. The number of aliphatic carboxylic acids is 1. The van der Waals surface area contributed by atoms with Crippen molar-refractivity contribution in [2.75, 3.05) is 0 Å². The lowest BCUT2D eigenvalue weighted by Gasteiger charge is -2.18. The maximum atomic E-state index is 12.3. The van der Waals surface area contributed by atoms with Gasteiger partial charge in [0.05, 0.1) is 12.5 Å². The van der Waals surface area contributed by atoms with Gasteiger partial charge in [0.2, 0.25) is 23.7 Å². The summed E-state index contributed by atoms with van der Waals surface area (Å²) in [4.78, 5) is 48.1. The highest BCUT2D eigenvalue weighted by molar-refractivity contribution is 6.36. The third-order valence-electron chi connectivity index (χ3n) is 4.93. The van der Waals surface area contributed by atoms with Gasteiger partial charge in [-0.15, -0.1) is 0 Å². The molecule has 8 N–H and O–H groups in total. The summed E-state index contributed by atoms with van der Waals surface area (Å²) in [7, 11) is 0. The fourth-order valence-electron chi connectivity index (χ4n) is 3.07. The van der Waals surface area contributed by atoms with Gasteiger partial charge in [-0.1, -0.05) is 41.4 Å². The van der Waals surface area contributed by atoms with Crippen molar-refractivity contribution in [2.45, 2.75) is 37.8 Å². The Bertz CT molecular complexity index is 1120. The molecule has 0 aliphatic rings. The molecule has 192 valence electrons. The van der Waals surface area contributed by atoms with Gasteiger partial charge >= 0.3 is 5.97 Å². The second-order valence-electron chi connectivity index (χ2n) is 7.76. The van der Waals surface area contributed by atoms with Crippen LogP contribution >= 0.6 is 23.2 Å². The number of phenols is 1. The molecule has 2 aromatic rings. The van der Waals surface area contributed by atoms with Crippen LogP contribution in [0.5, 0.6) is 5.75 Å². The molecule has 11 nitrogen and oxygen atoms in total. The summed E-state index contributed by atoms with van der Waals surface area (Å²) in [6.45, 7) is 0. The molecule has 0 saturated heterocycles. The van der Waals surface area contributed by atoms with E-state index in [1.807, 2.05) is 0 Å². The Hall–Kier alpha value is -3.67. The highest BCUT2D eigenvalue weighted by atomic mass is 35.5. The van der Waals surface area contributed by atoms with E-state index in [1.165, 1.54) is 12.1 Å². The number of rotatable bonds is 10. The van der Waals surface area contributed by atoms with Crippen LogP contribution in [0.4, 0.5) is 0 Å². The number of guanidine groups is 1. The van der Waals surface area contributed by atoms with E-state index in [-0.39, 0.29) is 41.5 Å². The Morgan fingerprint density at radius 1 is 0.972 bits per heavy atom. The van der Waals surface area contributed by atoms with Crippen molar-refractivity contribution in [3.05, 3.63) is 63.6 Å². The molecule has 0 heterocycles. The van der Waals surface area contributed by atoms with Gasteiger partial charge in [0.25, 0.3) is 0 Å². The van der Waals surface area contributed by atoms with Crippen molar-refractivity contribution >= 4 is 52.9 Å². The largest absolute Gasteiger partial charge is 0.508 e. The fraction of sp³-hybridized carbons (Fsp3) is 0.261. The highest BCUT2D eigenvalue weighted by Gasteiger charge is 2.24. The standard InChI is InChI=1S/C23H25Cl2N5O6/c24-15-2-1-3-16(25)14(15)11-20(33)30-23(27)29-19(32)9-8-18(22(35)36)28-21(34)17(26)10-12-4-6-13(31)7-5-12/h1-7,17-18,31H,8-11,26H2,(H,28,34)(H,35,36)(H3,27,29,30,32,33)/t17-,18+/m1/s1. The normalized spacial score (nSPS) is 12.2. The predicted octanol–water partition coefficient (Wildman–Crippen LogP) is 1.33. The summed E-state index contributed by atoms with van der Waals surface area (Å²) in [5, 5.41) is 33.6. The van der Waals surface area contributed by atoms with E-state index in [0.29, 0.717) is 11.1 Å². The summed E-state index contributed by atoms with van der Waals surface area (Å²) in [5.41, 5.74) is 6.87. The van der Waals surface area contributed by atoms with E-state index in [1.54, 1.807) is 30.3 Å². The fourth-order valence-corrected chi connectivity index (χ4v) is 3.60. The van der Waals surface area contributed by atoms with E-state index in [2.05, 4.69) is 16.0 Å². The summed E-state index contributed by atoms with van der Waals surface area (Å²) >= 11 is 12.0. The summed E-state index contributed by atoms with van der Waals surface area (Å²) < 4.78 is 0. The molecule has 0 fully saturated rings. The van der Waals surface area contributed by atoms with Crippen LogP contribution in [-0.2, 0) is 32.0 Å². The molecule has 2 aromatic carbocycles. The lowest BCUT2D eigenvalue weighted by molar-refractivity contribution is -0.142. The number of benzene rings is 2. The number of hydrogen-bond acceptors (Lipinski definition) is 7. The summed E-state index contributed by atoms with van der Waals surface area (Å²) in [5.74, 6) is -4.04. The van der Waals surface area contributed by atoms with Crippen LogP contribution < -0.4 is 21.7 Å². The van der Waals surface area contributed by atoms with Gasteiger partial charge in [-0.2, -0.15) is 0 Å². The number of aromatic hydroxyl groups is 1. The second kappa shape index (κ2) is 13.4. The molecule has 0 aliphatic carbocycles. The van der Waals surface area contributed by atoms with Crippen LogP contribution in [-0.4, -0.2) is 51.9 Å². The van der Waals surface area contributed by atoms with Gasteiger partial charge in [0.15, 0.2) is 0 Å². The SMILES string of the molecule is N=C(NC(=O)CC[C@H](NC(=O)[C@H](N)Cc1ccc(O)cc1)C(=O)O)NC(=O)Cc1c(Cl)cccc1Cl. The molecule has 2 atom stereocenters. The number of nitrogens with two attached hydrogens (primary N) is 1. The van der Waals surface area contributed by atoms with Gasteiger partial charge in [-0.05, 0) is 48.2 Å². The molecular formula is C23H25Cl2N5O6. The molecule has 3 amide bonds. The van der Waals surface area contributed by atoms with Gasteiger partial charge in [0, 0.05) is 16.5 Å². The Morgan fingerprint density at radius 3 is 2.14 bits per heavy atom. The molecule has 13 heteroatoms. The minimum absolute atomic E-state index is 0.0543. The lowest BCUT2D eigenvalue weighted by atomic mass is 10.0. The van der Waals surface area contributed by atoms with Crippen molar-refractivity contribution in [1.29, 1.82) is 5.41 Å². The molecule has 0 saturated carbocycles. The third-order valence-corrected chi connectivity index (χ3v) is 5.64. The first kappa shape index (κ1) is 28.6. The number of carboxylic acid groups (broad SMARTS) is 1. The minimum Gasteiger partial charge on any atom is -0.508 e. The van der Waals surface area contributed by atoms with Crippen molar-refractivity contribution in [2.24, 2.45) is 5.73 Å². The van der Waals surface area contributed by atoms with Gasteiger partial charge in [-0.3, -0.25) is 30.4 Å². The number of nitrogens with one attached hydrogen (secondary N) is 4. The van der Waals surface area contributed by atoms with Gasteiger partial charge in [0.1, 0.15) is 11.8 Å². The first-order chi connectivity index (χ1) is 17.0. The Labute approximate surface area is 216 Å². The number of phenolic OH excluding ortho intramolecular Hbond substituents is 1. The zero-order valence-corrected chi connectivity index (χ0v) is 20.4. The summed E-state index contributed by atoms with van der Waals surface area (Å²) in [6, 6.07) is 8.30. The topological polar surface area (TPSA) is 195 Å². The van der Waals surface area contributed by atoms with E-state index in [9.17, 15) is 29.4 Å². The number of carboxylic acids is 1. The van der Waals surface area contributed by atoms with Crippen LogP contribution in [0.1, 0.15) is 24.0 Å². The van der Waals surface area contributed by atoms with Crippen LogP contribution in [0.15, 0.2) is 42.5 Å². The van der Waals surface area contributed by atoms with Crippen LogP contribution in [0.3, 0.4) is 0 Å². The third kappa shape index (κ3) is 9.17. The van der Waals surface area contributed by atoms with Gasteiger partial charge < -0.3 is 21.3 Å². The second-order valence-corrected chi connectivity index (χ2v) is 8.58. The average Bonchev–Trinajstić information content (AvgIpc) is 2.80. The Morgan fingerprint density at radius 2 is 1.56 bits per heavy atom. The van der Waals surface area contributed by atoms with E-state index in [0.717, 1.165) is 0 Å². The lowest BCUT2D eigenvalue weighted by Crippen LogP contribution is -2.49. The first-order valence-corrected chi connectivity index (χ1v) is 11.4. The van der Waals surface area contributed by atoms with Crippen molar-refractivity contribution < 1.29 is 29.4 Å². The Balaban J connectivity index is 1.81. The number of amides is 3. The van der Waals surface area contributed by atoms with E-state index >= 15 is 0 Å². The molecule has 2 rings (SSSR count). The quantitative estimate of drug-likeness (QED) is 0.175. The number of carbonyl (C=O) groups is 4. The number of halogens is 2. The molecule has 0 unspecified atom stereocenters. The van der Waals surface area contributed by atoms with E-state index in [4.69, 9.17) is 34.3 Å². The molecular weight excluding hydrogens is 513 g/mol. The zero-order valence-electron chi connectivity index (χ0n) is 18.9. The van der Waals surface area contributed by atoms with Crippen molar-refractivity contribution in [1.82, 2.24) is 16.0 Å². The molecule has 0 aromatic heterocycles. The predicted molar refractivity (Wildman–Crippen MR) is 133 cm³/mol.